The first-order valence-electron chi connectivity index (χ1n) is 5.26. The van der Waals surface area contributed by atoms with Crippen LogP contribution < -0.4 is 5.32 Å². The number of hydrogen-bond acceptors (Lipinski definition) is 5. The van der Waals surface area contributed by atoms with Crippen LogP contribution in [0, 0.1) is 0 Å². The summed E-state index contributed by atoms with van der Waals surface area (Å²) in [5.74, 6) is -0.689. The molecule has 0 aliphatic heterocycles. The van der Waals surface area contributed by atoms with E-state index in [9.17, 15) is 9.59 Å². The van der Waals surface area contributed by atoms with Crippen molar-refractivity contribution in [2.45, 2.75) is 25.8 Å². The zero-order chi connectivity index (χ0) is 12.4. The molecule has 0 aromatic carbocycles. The first kappa shape index (κ1) is 14.6. The molecular formula is C11H19NO4. The lowest BCUT2D eigenvalue weighted by molar-refractivity contribution is -0.146. The van der Waals surface area contributed by atoms with Gasteiger partial charge in [0.1, 0.15) is 12.6 Å². The molecule has 0 spiro atoms. The molecule has 16 heavy (non-hydrogen) atoms. The second-order valence-corrected chi connectivity index (χ2v) is 3.10. The van der Waals surface area contributed by atoms with Crippen LogP contribution in [-0.4, -0.2) is 38.2 Å². The van der Waals surface area contributed by atoms with Gasteiger partial charge in [-0.2, -0.15) is 0 Å². The number of ether oxygens (including phenoxy) is 2. The first-order valence-corrected chi connectivity index (χ1v) is 5.26. The number of rotatable bonds is 8. The molecule has 0 radical (unpaired) electrons. The lowest BCUT2D eigenvalue weighted by Gasteiger charge is -2.13. The van der Waals surface area contributed by atoms with Crippen LogP contribution in [0.4, 0.5) is 0 Å². The molecule has 0 heterocycles. The first-order chi connectivity index (χ1) is 7.65. The summed E-state index contributed by atoms with van der Waals surface area (Å²) in [7, 11) is 1.64. The minimum absolute atomic E-state index is 0.177. The van der Waals surface area contributed by atoms with Gasteiger partial charge < -0.3 is 14.8 Å². The number of esters is 2. The van der Waals surface area contributed by atoms with Crippen LogP contribution in [0.15, 0.2) is 12.7 Å². The third kappa shape index (κ3) is 6.19. The average molecular weight is 229 g/mol. The molecule has 0 rings (SSSR count). The van der Waals surface area contributed by atoms with E-state index in [1.165, 1.54) is 6.08 Å². The molecule has 0 aromatic rings. The van der Waals surface area contributed by atoms with E-state index in [2.05, 4.69) is 11.9 Å². The predicted molar refractivity (Wildman–Crippen MR) is 59.9 cm³/mol. The lowest BCUT2D eigenvalue weighted by atomic mass is 10.1. The minimum atomic E-state index is -0.482. The molecular weight excluding hydrogens is 210 g/mol. The van der Waals surface area contributed by atoms with E-state index in [1.807, 2.05) is 0 Å². The van der Waals surface area contributed by atoms with Gasteiger partial charge in [0.05, 0.1) is 6.61 Å². The monoisotopic (exact) mass is 229 g/mol. The number of carbonyl (C=O) groups excluding carboxylic acids is 2. The van der Waals surface area contributed by atoms with Gasteiger partial charge in [-0.25, -0.2) is 0 Å². The molecule has 92 valence electrons. The maximum atomic E-state index is 11.4. The minimum Gasteiger partial charge on any atom is -0.466 e. The summed E-state index contributed by atoms with van der Waals surface area (Å²) in [5, 5.41) is 2.79. The van der Waals surface area contributed by atoms with E-state index in [0.717, 1.165) is 0 Å². The maximum absolute atomic E-state index is 11.4. The fourth-order valence-electron chi connectivity index (χ4n) is 1.12. The smallest absolute Gasteiger partial charge is 0.323 e. The summed E-state index contributed by atoms with van der Waals surface area (Å²) in [6.07, 6.45) is 2.06. The van der Waals surface area contributed by atoms with Crippen LogP contribution in [0.2, 0.25) is 0 Å². The third-order valence-corrected chi connectivity index (χ3v) is 1.92. The summed E-state index contributed by atoms with van der Waals surface area (Å²) in [4.78, 5) is 22.5. The summed E-state index contributed by atoms with van der Waals surface area (Å²) in [6, 6.07) is -0.482. The van der Waals surface area contributed by atoms with Crippen molar-refractivity contribution in [3.05, 3.63) is 12.7 Å². The van der Waals surface area contributed by atoms with Crippen LogP contribution >= 0.6 is 0 Å². The molecule has 0 amide bonds. The number of hydrogen-bond donors (Lipinski definition) is 1. The number of carbonyl (C=O) groups is 2. The number of nitrogens with one attached hydrogen (secondary N) is 1. The molecule has 1 N–H and O–H groups in total. The van der Waals surface area contributed by atoms with E-state index in [4.69, 9.17) is 9.47 Å². The summed E-state index contributed by atoms with van der Waals surface area (Å²) < 4.78 is 9.63. The Morgan fingerprint density at radius 3 is 2.62 bits per heavy atom. The summed E-state index contributed by atoms with van der Waals surface area (Å²) in [6.45, 7) is 5.71. The largest absolute Gasteiger partial charge is 0.466 e. The van der Waals surface area contributed by atoms with E-state index < -0.39 is 6.04 Å². The Morgan fingerprint density at radius 1 is 1.44 bits per heavy atom. The van der Waals surface area contributed by atoms with Gasteiger partial charge in [0.15, 0.2) is 0 Å². The Bertz CT molecular complexity index is 240. The standard InChI is InChI=1S/C11H19NO4/c1-4-8-16-11(14)9(12-3)6-7-10(13)15-5-2/h4,9,12H,1,5-8H2,2-3H3. The fourth-order valence-corrected chi connectivity index (χ4v) is 1.12. The lowest BCUT2D eigenvalue weighted by Crippen LogP contribution is -2.36. The van der Waals surface area contributed by atoms with Crippen molar-refractivity contribution in [2.75, 3.05) is 20.3 Å². The molecule has 5 heteroatoms. The fraction of sp³-hybridized carbons (Fsp3) is 0.636. The van der Waals surface area contributed by atoms with Gasteiger partial charge in [0, 0.05) is 6.42 Å². The van der Waals surface area contributed by atoms with Crippen molar-refractivity contribution in [1.29, 1.82) is 0 Å². The number of likely N-dealkylation sites (N-methyl/N-ethyl adjacent to an activating group) is 1. The SMILES string of the molecule is C=CCOC(=O)C(CCC(=O)OCC)NC. The molecule has 1 unspecified atom stereocenters. The Hall–Kier alpha value is -1.36. The Labute approximate surface area is 95.8 Å². The van der Waals surface area contributed by atoms with Gasteiger partial charge in [0.25, 0.3) is 0 Å². The second-order valence-electron chi connectivity index (χ2n) is 3.10. The molecule has 0 saturated heterocycles. The Kier molecular flexibility index (Phi) is 8.15. The van der Waals surface area contributed by atoms with Gasteiger partial charge in [-0.05, 0) is 20.4 Å². The van der Waals surface area contributed by atoms with Crippen molar-refractivity contribution < 1.29 is 19.1 Å². The highest BCUT2D eigenvalue weighted by Gasteiger charge is 2.18. The van der Waals surface area contributed by atoms with Crippen LogP contribution in [0.25, 0.3) is 0 Å². The molecule has 0 aliphatic carbocycles. The molecule has 0 fully saturated rings. The summed E-state index contributed by atoms with van der Waals surface area (Å²) >= 11 is 0. The molecule has 5 nitrogen and oxygen atoms in total. The van der Waals surface area contributed by atoms with Gasteiger partial charge >= 0.3 is 11.9 Å². The van der Waals surface area contributed by atoms with Crippen molar-refractivity contribution >= 4 is 11.9 Å². The van der Waals surface area contributed by atoms with E-state index in [1.54, 1.807) is 14.0 Å². The van der Waals surface area contributed by atoms with Crippen molar-refractivity contribution in [3.63, 3.8) is 0 Å². The molecule has 1 atom stereocenters. The highest BCUT2D eigenvalue weighted by Crippen LogP contribution is 2.01. The van der Waals surface area contributed by atoms with Crippen LogP contribution in [-0.2, 0) is 19.1 Å². The highest BCUT2D eigenvalue weighted by molar-refractivity contribution is 5.77. The van der Waals surface area contributed by atoms with E-state index in [-0.39, 0.29) is 25.0 Å². The van der Waals surface area contributed by atoms with Gasteiger partial charge in [-0.1, -0.05) is 12.7 Å². The van der Waals surface area contributed by atoms with Crippen molar-refractivity contribution in [3.8, 4) is 0 Å². The van der Waals surface area contributed by atoms with Gasteiger partial charge in [-0.15, -0.1) is 0 Å². The zero-order valence-corrected chi connectivity index (χ0v) is 9.82. The Balaban J connectivity index is 3.94. The second kappa shape index (κ2) is 8.91. The van der Waals surface area contributed by atoms with E-state index in [0.29, 0.717) is 13.0 Å². The molecule has 0 aliphatic rings. The topological polar surface area (TPSA) is 64.6 Å². The van der Waals surface area contributed by atoms with Crippen LogP contribution in [0.1, 0.15) is 19.8 Å². The van der Waals surface area contributed by atoms with Crippen molar-refractivity contribution in [2.24, 2.45) is 0 Å². The average Bonchev–Trinajstić information content (AvgIpc) is 2.27. The van der Waals surface area contributed by atoms with Crippen molar-refractivity contribution in [1.82, 2.24) is 5.32 Å². The third-order valence-electron chi connectivity index (χ3n) is 1.92. The summed E-state index contributed by atoms with van der Waals surface area (Å²) in [5.41, 5.74) is 0. The van der Waals surface area contributed by atoms with Crippen LogP contribution in [0.5, 0.6) is 0 Å². The zero-order valence-electron chi connectivity index (χ0n) is 9.82. The Morgan fingerprint density at radius 2 is 2.12 bits per heavy atom. The molecule has 0 aromatic heterocycles. The van der Waals surface area contributed by atoms with E-state index >= 15 is 0 Å². The normalized spacial score (nSPS) is 11.6. The molecule has 0 saturated carbocycles. The quantitative estimate of drug-likeness (QED) is 0.489. The molecule has 0 bridgehead atoms. The highest BCUT2D eigenvalue weighted by atomic mass is 16.5. The maximum Gasteiger partial charge on any atom is 0.323 e. The van der Waals surface area contributed by atoms with Gasteiger partial charge in [-0.3, -0.25) is 9.59 Å². The predicted octanol–water partition coefficient (Wildman–Crippen LogP) is 0.647. The van der Waals surface area contributed by atoms with Gasteiger partial charge in [0.2, 0.25) is 0 Å². The van der Waals surface area contributed by atoms with Crippen LogP contribution in [0.3, 0.4) is 0 Å².